The first-order valence-electron chi connectivity index (χ1n) is 8.09. The summed E-state index contributed by atoms with van der Waals surface area (Å²) in [5.41, 5.74) is 2.66. The molecule has 0 fully saturated rings. The number of rotatable bonds is 6. The van der Waals surface area contributed by atoms with Crippen LogP contribution in [0.3, 0.4) is 0 Å². The summed E-state index contributed by atoms with van der Waals surface area (Å²) in [4.78, 5) is 31.9. The number of imidazole rings is 1. The second kappa shape index (κ2) is 7.64. The highest BCUT2D eigenvalue weighted by atomic mass is 16.5. The van der Waals surface area contributed by atoms with Crippen LogP contribution >= 0.6 is 0 Å². The van der Waals surface area contributed by atoms with E-state index >= 15 is 0 Å². The molecule has 0 aliphatic rings. The van der Waals surface area contributed by atoms with E-state index in [0.717, 1.165) is 17.2 Å². The van der Waals surface area contributed by atoms with Crippen molar-refractivity contribution in [1.82, 2.24) is 14.4 Å². The normalized spacial score (nSPS) is 10.5. The fraction of sp³-hybridized carbons (Fsp3) is 0.222. The molecule has 8 heteroatoms. The molecule has 8 nitrogen and oxygen atoms in total. The number of nitrogens with zero attached hydrogens (tertiary/aromatic N) is 3. The van der Waals surface area contributed by atoms with Crippen LogP contribution in [-0.2, 0) is 9.53 Å². The molecule has 0 atom stereocenters. The first-order valence-corrected chi connectivity index (χ1v) is 8.09. The predicted octanol–water partition coefficient (Wildman–Crippen LogP) is 2.27. The molecule has 26 heavy (non-hydrogen) atoms. The Bertz CT molecular complexity index is 934. The molecule has 0 aliphatic heterocycles. The second-order valence-corrected chi connectivity index (χ2v) is 5.64. The van der Waals surface area contributed by atoms with Gasteiger partial charge in [0.15, 0.2) is 5.65 Å². The van der Waals surface area contributed by atoms with E-state index < -0.39 is 5.97 Å². The minimum Gasteiger partial charge on any atom is -0.465 e. The number of amides is 1. The highest BCUT2D eigenvalue weighted by Gasteiger charge is 2.09. The Kier molecular flexibility index (Phi) is 5.12. The lowest BCUT2D eigenvalue weighted by molar-refractivity contribution is -0.115. The van der Waals surface area contributed by atoms with Crippen LogP contribution in [-0.4, -0.2) is 39.9 Å². The Morgan fingerprint density at radius 2 is 2.00 bits per heavy atom. The van der Waals surface area contributed by atoms with Gasteiger partial charge >= 0.3 is 5.97 Å². The highest BCUT2D eigenvalue weighted by molar-refractivity contribution is 5.93. The number of carbonyl (C=O) groups excluding carboxylic acids is 2. The number of benzene rings is 1. The molecular formula is C18H19N5O3. The Hall–Kier alpha value is -3.42. The van der Waals surface area contributed by atoms with Crippen molar-refractivity contribution in [3.8, 4) is 0 Å². The first kappa shape index (κ1) is 17.4. The third-order valence-corrected chi connectivity index (χ3v) is 3.84. The minimum absolute atomic E-state index is 0.128. The topological polar surface area (TPSA) is 97.6 Å². The van der Waals surface area contributed by atoms with E-state index in [4.69, 9.17) is 0 Å². The highest BCUT2D eigenvalue weighted by Crippen LogP contribution is 2.16. The Morgan fingerprint density at radius 1 is 1.23 bits per heavy atom. The Morgan fingerprint density at radius 3 is 2.73 bits per heavy atom. The Labute approximate surface area is 150 Å². The van der Waals surface area contributed by atoms with Crippen LogP contribution in [0.15, 0.2) is 42.9 Å². The molecule has 3 aromatic rings. The largest absolute Gasteiger partial charge is 0.465 e. The second-order valence-electron chi connectivity index (χ2n) is 5.64. The number of anilines is 2. The van der Waals surface area contributed by atoms with Crippen molar-refractivity contribution < 1.29 is 14.3 Å². The van der Waals surface area contributed by atoms with Gasteiger partial charge in [0, 0.05) is 31.0 Å². The zero-order valence-electron chi connectivity index (χ0n) is 14.5. The first-order chi connectivity index (χ1) is 12.6. The van der Waals surface area contributed by atoms with Gasteiger partial charge in [0.05, 0.1) is 24.6 Å². The van der Waals surface area contributed by atoms with Gasteiger partial charge in [-0.15, -0.1) is 0 Å². The van der Waals surface area contributed by atoms with E-state index in [1.54, 1.807) is 36.7 Å². The maximum absolute atomic E-state index is 12.1. The van der Waals surface area contributed by atoms with Gasteiger partial charge in [-0.2, -0.15) is 0 Å². The number of fused-ring (bicyclic) bond motifs is 1. The molecule has 0 unspecified atom stereocenters. The smallest absolute Gasteiger partial charge is 0.337 e. The molecular weight excluding hydrogens is 334 g/mol. The minimum atomic E-state index is -0.411. The van der Waals surface area contributed by atoms with Crippen LogP contribution in [0, 0.1) is 6.92 Å². The van der Waals surface area contributed by atoms with Crippen molar-refractivity contribution in [2.45, 2.75) is 13.3 Å². The maximum atomic E-state index is 12.1. The van der Waals surface area contributed by atoms with Gasteiger partial charge in [-0.05, 0) is 31.2 Å². The molecule has 1 aromatic carbocycles. The molecule has 0 saturated carbocycles. The average Bonchev–Trinajstić information content (AvgIpc) is 2.97. The van der Waals surface area contributed by atoms with Crippen LogP contribution in [0.4, 0.5) is 11.5 Å². The van der Waals surface area contributed by atoms with Crippen molar-refractivity contribution in [3.05, 3.63) is 54.1 Å². The van der Waals surface area contributed by atoms with Crippen LogP contribution < -0.4 is 10.6 Å². The summed E-state index contributed by atoms with van der Waals surface area (Å²) < 4.78 is 6.53. The molecule has 3 rings (SSSR count). The van der Waals surface area contributed by atoms with Gasteiger partial charge in [-0.25, -0.2) is 9.78 Å². The SMILES string of the molecule is COC(=O)c1ccc(NC(=O)CCNc2c(C)nc3cnccn23)cc1. The van der Waals surface area contributed by atoms with Crippen molar-refractivity contribution >= 4 is 29.0 Å². The summed E-state index contributed by atoms with van der Waals surface area (Å²) in [6, 6.07) is 6.55. The van der Waals surface area contributed by atoms with Crippen molar-refractivity contribution in [1.29, 1.82) is 0 Å². The predicted molar refractivity (Wildman–Crippen MR) is 97.2 cm³/mol. The molecule has 2 aromatic heterocycles. The molecule has 0 aliphatic carbocycles. The molecule has 2 N–H and O–H groups in total. The van der Waals surface area contributed by atoms with E-state index in [-0.39, 0.29) is 12.3 Å². The number of carbonyl (C=O) groups is 2. The lowest BCUT2D eigenvalue weighted by Gasteiger charge is -2.08. The number of hydrogen-bond donors (Lipinski definition) is 2. The monoisotopic (exact) mass is 353 g/mol. The van der Waals surface area contributed by atoms with E-state index in [0.29, 0.717) is 17.8 Å². The third kappa shape index (κ3) is 3.80. The van der Waals surface area contributed by atoms with Crippen molar-refractivity contribution in [2.75, 3.05) is 24.3 Å². The molecule has 2 heterocycles. The van der Waals surface area contributed by atoms with E-state index in [2.05, 4.69) is 25.3 Å². The average molecular weight is 353 g/mol. The van der Waals surface area contributed by atoms with Gasteiger partial charge in [0.25, 0.3) is 0 Å². The lowest BCUT2D eigenvalue weighted by Crippen LogP contribution is -2.17. The van der Waals surface area contributed by atoms with E-state index in [1.807, 2.05) is 17.5 Å². The zero-order valence-corrected chi connectivity index (χ0v) is 14.5. The van der Waals surface area contributed by atoms with Gasteiger partial charge in [0.1, 0.15) is 5.82 Å². The van der Waals surface area contributed by atoms with Crippen LogP contribution in [0.1, 0.15) is 22.5 Å². The van der Waals surface area contributed by atoms with Crippen LogP contribution in [0.2, 0.25) is 0 Å². The summed E-state index contributed by atoms with van der Waals surface area (Å²) in [5, 5.41) is 6.03. The number of aromatic nitrogens is 3. The van der Waals surface area contributed by atoms with E-state index in [1.165, 1.54) is 7.11 Å². The number of esters is 1. The molecule has 0 radical (unpaired) electrons. The summed E-state index contributed by atoms with van der Waals surface area (Å²) in [6.07, 6.45) is 5.48. The van der Waals surface area contributed by atoms with Crippen molar-refractivity contribution in [3.63, 3.8) is 0 Å². The Balaban J connectivity index is 1.54. The van der Waals surface area contributed by atoms with Crippen molar-refractivity contribution in [2.24, 2.45) is 0 Å². The van der Waals surface area contributed by atoms with Crippen LogP contribution in [0.25, 0.3) is 5.65 Å². The molecule has 134 valence electrons. The molecule has 1 amide bonds. The summed E-state index contributed by atoms with van der Waals surface area (Å²) >= 11 is 0. The van der Waals surface area contributed by atoms with E-state index in [9.17, 15) is 9.59 Å². The molecule has 0 bridgehead atoms. The summed E-state index contributed by atoms with van der Waals surface area (Å²) in [7, 11) is 1.33. The fourth-order valence-corrected chi connectivity index (χ4v) is 2.56. The number of aryl methyl sites for hydroxylation is 1. The quantitative estimate of drug-likeness (QED) is 0.660. The standard InChI is InChI=1S/C18H19N5O3/c1-12-17(23-10-9-19-11-15(23)21-12)20-8-7-16(24)22-14-5-3-13(4-6-14)18(25)26-2/h3-6,9-11,20H,7-8H2,1-2H3,(H,22,24). The number of nitrogens with one attached hydrogen (secondary N) is 2. The van der Waals surface area contributed by atoms with Gasteiger partial charge in [-0.1, -0.05) is 0 Å². The number of methoxy groups -OCH3 is 1. The summed E-state index contributed by atoms with van der Waals surface area (Å²) in [6.45, 7) is 2.36. The van der Waals surface area contributed by atoms with Gasteiger partial charge < -0.3 is 15.4 Å². The van der Waals surface area contributed by atoms with Crippen LogP contribution in [0.5, 0.6) is 0 Å². The number of ether oxygens (including phenoxy) is 1. The third-order valence-electron chi connectivity index (χ3n) is 3.84. The van der Waals surface area contributed by atoms with Gasteiger partial charge in [-0.3, -0.25) is 14.2 Å². The molecule has 0 saturated heterocycles. The maximum Gasteiger partial charge on any atom is 0.337 e. The number of hydrogen-bond acceptors (Lipinski definition) is 6. The molecule has 0 spiro atoms. The zero-order chi connectivity index (χ0) is 18.5. The van der Waals surface area contributed by atoms with Gasteiger partial charge in [0.2, 0.25) is 5.91 Å². The summed E-state index contributed by atoms with van der Waals surface area (Å²) in [5.74, 6) is 0.305. The fourth-order valence-electron chi connectivity index (χ4n) is 2.56. The lowest BCUT2D eigenvalue weighted by atomic mass is 10.2.